The van der Waals surface area contributed by atoms with Gasteiger partial charge in [0.2, 0.25) is 0 Å². The van der Waals surface area contributed by atoms with E-state index in [0.717, 1.165) is 23.7 Å². The van der Waals surface area contributed by atoms with Gasteiger partial charge in [-0.15, -0.1) is 0 Å². The molecule has 0 aromatic rings. The molecule has 2 aliphatic rings. The molecule has 0 spiro atoms. The van der Waals surface area contributed by atoms with Crippen LogP contribution in [0.15, 0.2) is 24.3 Å². The maximum atomic E-state index is 5.57. The van der Waals surface area contributed by atoms with Crippen molar-refractivity contribution >= 4 is 0 Å². The molecule has 2 rings (SSSR count). The molecule has 18 heavy (non-hydrogen) atoms. The van der Waals surface area contributed by atoms with Crippen LogP contribution in [0.25, 0.3) is 0 Å². The van der Waals surface area contributed by atoms with Gasteiger partial charge in [0.15, 0.2) is 0 Å². The molecular formula is C16H28N2. The van der Waals surface area contributed by atoms with Crippen LogP contribution < -0.4 is 11.5 Å². The first-order chi connectivity index (χ1) is 8.81. The van der Waals surface area contributed by atoms with Crippen LogP contribution >= 0.6 is 0 Å². The van der Waals surface area contributed by atoms with Crippen molar-refractivity contribution in [2.45, 2.75) is 38.5 Å². The first-order valence-electron chi connectivity index (χ1n) is 7.55. The van der Waals surface area contributed by atoms with E-state index in [0.29, 0.717) is 13.1 Å². The van der Waals surface area contributed by atoms with Crippen LogP contribution in [0.3, 0.4) is 0 Å². The van der Waals surface area contributed by atoms with E-state index in [4.69, 9.17) is 11.5 Å². The summed E-state index contributed by atoms with van der Waals surface area (Å²) in [7, 11) is 0. The van der Waals surface area contributed by atoms with Crippen molar-refractivity contribution in [3.63, 3.8) is 0 Å². The Bertz CT molecular complexity index is 253. The third kappa shape index (κ3) is 3.96. The molecule has 4 N–H and O–H groups in total. The van der Waals surface area contributed by atoms with Crippen molar-refractivity contribution in [3.8, 4) is 0 Å². The summed E-state index contributed by atoms with van der Waals surface area (Å²) < 4.78 is 0. The second-order valence-electron chi connectivity index (χ2n) is 6.10. The Hall–Kier alpha value is -0.600. The quantitative estimate of drug-likeness (QED) is 0.752. The lowest BCUT2D eigenvalue weighted by Gasteiger charge is -2.26. The summed E-state index contributed by atoms with van der Waals surface area (Å²) in [5.41, 5.74) is 11.1. The summed E-state index contributed by atoms with van der Waals surface area (Å²) in [6.45, 7) is 1.38. The van der Waals surface area contributed by atoms with Gasteiger partial charge >= 0.3 is 0 Å². The highest BCUT2D eigenvalue weighted by Crippen LogP contribution is 2.43. The standard InChI is InChI=1S/C16H28N2/c17-7-1-3-13-9-15-5-6-16(10-13)12-14(11-15)4-2-8-18/h1-4,13-16H,5-12,17-18H2/b3-1+,4-2+. The Balaban J connectivity index is 1.98. The van der Waals surface area contributed by atoms with E-state index < -0.39 is 0 Å². The maximum Gasteiger partial charge on any atom is 0.0106 e. The topological polar surface area (TPSA) is 52.0 Å². The number of hydrogen-bond donors (Lipinski definition) is 2. The van der Waals surface area contributed by atoms with E-state index in [9.17, 15) is 0 Å². The predicted molar refractivity (Wildman–Crippen MR) is 78.1 cm³/mol. The number of nitrogens with two attached hydrogens (primary N) is 2. The number of rotatable bonds is 4. The van der Waals surface area contributed by atoms with Crippen molar-refractivity contribution in [1.82, 2.24) is 0 Å². The highest BCUT2D eigenvalue weighted by Gasteiger charge is 2.31. The molecule has 0 aromatic carbocycles. The fourth-order valence-electron chi connectivity index (χ4n) is 3.90. The average Bonchev–Trinajstić information content (AvgIpc) is 2.65. The zero-order valence-electron chi connectivity index (χ0n) is 11.4. The Labute approximate surface area is 112 Å². The van der Waals surface area contributed by atoms with Gasteiger partial charge in [-0.2, -0.15) is 0 Å². The van der Waals surface area contributed by atoms with Crippen LogP contribution in [-0.2, 0) is 0 Å². The first kappa shape index (κ1) is 13.8. The molecular weight excluding hydrogens is 220 g/mol. The zero-order valence-corrected chi connectivity index (χ0v) is 11.4. The molecule has 0 aromatic heterocycles. The molecule has 0 heterocycles. The summed E-state index contributed by atoms with van der Waals surface area (Å²) in [5, 5.41) is 0. The van der Waals surface area contributed by atoms with E-state index in [2.05, 4.69) is 24.3 Å². The van der Waals surface area contributed by atoms with Gasteiger partial charge in [-0.05, 0) is 49.4 Å². The predicted octanol–water partition coefficient (Wildman–Crippen LogP) is 2.85. The van der Waals surface area contributed by atoms with E-state index in [1.54, 1.807) is 0 Å². The van der Waals surface area contributed by atoms with E-state index in [1.165, 1.54) is 38.5 Å². The largest absolute Gasteiger partial charge is 0.327 e. The van der Waals surface area contributed by atoms with Gasteiger partial charge in [0.25, 0.3) is 0 Å². The summed E-state index contributed by atoms with van der Waals surface area (Å²) >= 11 is 0. The van der Waals surface area contributed by atoms with Crippen LogP contribution in [0.4, 0.5) is 0 Å². The summed E-state index contributed by atoms with van der Waals surface area (Å²) in [6, 6.07) is 0. The fourth-order valence-corrected chi connectivity index (χ4v) is 3.90. The maximum absolute atomic E-state index is 5.57. The van der Waals surface area contributed by atoms with Crippen LogP contribution in [0.1, 0.15) is 38.5 Å². The monoisotopic (exact) mass is 248 g/mol. The Kier molecular flexibility index (Phi) is 5.45. The van der Waals surface area contributed by atoms with Gasteiger partial charge in [0.1, 0.15) is 0 Å². The first-order valence-corrected chi connectivity index (χ1v) is 7.55. The lowest BCUT2D eigenvalue weighted by atomic mass is 9.79. The van der Waals surface area contributed by atoms with Gasteiger partial charge in [-0.25, -0.2) is 0 Å². The number of allylic oxidation sites excluding steroid dienone is 2. The van der Waals surface area contributed by atoms with Crippen LogP contribution in [0.2, 0.25) is 0 Å². The molecule has 2 saturated carbocycles. The van der Waals surface area contributed by atoms with Crippen molar-refractivity contribution < 1.29 is 0 Å². The van der Waals surface area contributed by atoms with Crippen molar-refractivity contribution in [1.29, 1.82) is 0 Å². The molecule has 0 radical (unpaired) electrons. The second-order valence-corrected chi connectivity index (χ2v) is 6.10. The lowest BCUT2D eigenvalue weighted by molar-refractivity contribution is 0.299. The molecule has 0 unspecified atom stereocenters. The van der Waals surface area contributed by atoms with Crippen LogP contribution in [-0.4, -0.2) is 13.1 Å². The van der Waals surface area contributed by atoms with Gasteiger partial charge < -0.3 is 11.5 Å². The molecule has 2 heteroatoms. The van der Waals surface area contributed by atoms with Gasteiger partial charge in [0.05, 0.1) is 0 Å². The Morgan fingerprint density at radius 1 is 0.722 bits per heavy atom. The molecule has 0 saturated heterocycles. The van der Waals surface area contributed by atoms with Gasteiger partial charge in [-0.3, -0.25) is 0 Å². The highest BCUT2D eigenvalue weighted by atomic mass is 14.5. The minimum Gasteiger partial charge on any atom is -0.327 e. The third-order valence-corrected chi connectivity index (χ3v) is 4.62. The van der Waals surface area contributed by atoms with E-state index >= 15 is 0 Å². The molecule has 0 atom stereocenters. The van der Waals surface area contributed by atoms with Crippen LogP contribution in [0, 0.1) is 23.7 Å². The number of fused-ring (bicyclic) bond motifs is 3. The second kappa shape index (κ2) is 7.10. The summed E-state index contributed by atoms with van der Waals surface area (Å²) in [6.07, 6.45) is 17.4. The normalized spacial score (nSPS) is 37.2. The smallest absolute Gasteiger partial charge is 0.0106 e. The number of hydrogen-bond acceptors (Lipinski definition) is 2. The minimum atomic E-state index is 0.688. The van der Waals surface area contributed by atoms with Crippen LogP contribution in [0.5, 0.6) is 0 Å². The molecule has 2 bridgehead atoms. The SMILES string of the molecule is NC/C=C/C1CC2CCC(C1)CC(/C=C/CN)C2. The molecule has 2 aliphatic carbocycles. The molecule has 0 aliphatic heterocycles. The van der Waals surface area contributed by atoms with Crippen molar-refractivity contribution in [2.75, 3.05) is 13.1 Å². The average molecular weight is 248 g/mol. The molecule has 102 valence electrons. The zero-order chi connectivity index (χ0) is 12.8. The van der Waals surface area contributed by atoms with E-state index in [-0.39, 0.29) is 0 Å². The summed E-state index contributed by atoms with van der Waals surface area (Å²) in [4.78, 5) is 0. The van der Waals surface area contributed by atoms with Crippen molar-refractivity contribution in [3.05, 3.63) is 24.3 Å². The van der Waals surface area contributed by atoms with Gasteiger partial charge in [0, 0.05) is 13.1 Å². The lowest BCUT2D eigenvalue weighted by Crippen LogP contribution is -2.15. The Morgan fingerprint density at radius 2 is 1.11 bits per heavy atom. The highest BCUT2D eigenvalue weighted by molar-refractivity contribution is 4.98. The van der Waals surface area contributed by atoms with E-state index in [1.807, 2.05) is 0 Å². The van der Waals surface area contributed by atoms with Gasteiger partial charge in [-0.1, -0.05) is 37.1 Å². The molecule has 2 fully saturated rings. The molecule has 2 nitrogen and oxygen atoms in total. The Morgan fingerprint density at radius 3 is 1.44 bits per heavy atom. The fraction of sp³-hybridized carbons (Fsp3) is 0.750. The minimum absolute atomic E-state index is 0.688. The molecule has 0 amide bonds. The summed E-state index contributed by atoms with van der Waals surface area (Å²) in [5.74, 6) is 3.39. The van der Waals surface area contributed by atoms with Crippen molar-refractivity contribution in [2.24, 2.45) is 35.1 Å². The third-order valence-electron chi connectivity index (χ3n) is 4.62.